The van der Waals surface area contributed by atoms with E-state index in [1.54, 1.807) is 36.0 Å². The second-order valence-corrected chi connectivity index (χ2v) is 8.35. The van der Waals surface area contributed by atoms with E-state index in [4.69, 9.17) is 20.8 Å². The van der Waals surface area contributed by atoms with E-state index in [1.165, 1.54) is 0 Å². The van der Waals surface area contributed by atoms with Gasteiger partial charge in [0.05, 0.1) is 5.69 Å². The summed E-state index contributed by atoms with van der Waals surface area (Å²) < 4.78 is 11.4. The summed E-state index contributed by atoms with van der Waals surface area (Å²) in [4.78, 5) is 14.8. The fourth-order valence-corrected chi connectivity index (χ4v) is 3.94. The highest BCUT2D eigenvalue weighted by Crippen LogP contribution is 2.33. The van der Waals surface area contributed by atoms with Crippen molar-refractivity contribution in [2.45, 2.75) is 23.3 Å². The van der Waals surface area contributed by atoms with E-state index in [1.807, 2.05) is 67.6 Å². The standard InChI is InChI=1S/C25H20ClNO3S/c1-17-15-18(11-13-21(17)26)29-16-19-12-14-23(30-19)25(28)27-22-9-5-6-10-24(22)31-20-7-3-2-4-8-20/h2-15H,16H2,1H3,(H,27,28). The van der Waals surface area contributed by atoms with Gasteiger partial charge >= 0.3 is 0 Å². The lowest BCUT2D eigenvalue weighted by atomic mass is 10.2. The number of aryl methyl sites for hydroxylation is 1. The van der Waals surface area contributed by atoms with Crippen LogP contribution in [0.25, 0.3) is 0 Å². The van der Waals surface area contributed by atoms with E-state index >= 15 is 0 Å². The fraction of sp³-hybridized carbons (Fsp3) is 0.0800. The number of furan rings is 1. The Morgan fingerprint density at radius 3 is 2.58 bits per heavy atom. The van der Waals surface area contributed by atoms with Gasteiger partial charge in [0.25, 0.3) is 5.91 Å². The Morgan fingerprint density at radius 1 is 1.00 bits per heavy atom. The smallest absolute Gasteiger partial charge is 0.291 e. The van der Waals surface area contributed by atoms with Crippen LogP contribution in [-0.2, 0) is 6.61 Å². The normalized spacial score (nSPS) is 10.6. The number of hydrogen-bond donors (Lipinski definition) is 1. The summed E-state index contributed by atoms with van der Waals surface area (Å²) in [5.74, 6) is 1.17. The van der Waals surface area contributed by atoms with Gasteiger partial charge in [-0.25, -0.2) is 0 Å². The maximum atomic E-state index is 12.7. The molecule has 0 saturated heterocycles. The van der Waals surface area contributed by atoms with E-state index in [-0.39, 0.29) is 18.3 Å². The predicted molar refractivity (Wildman–Crippen MR) is 124 cm³/mol. The van der Waals surface area contributed by atoms with Crippen molar-refractivity contribution in [1.29, 1.82) is 0 Å². The Morgan fingerprint density at radius 2 is 1.77 bits per heavy atom. The number of halogens is 1. The lowest BCUT2D eigenvalue weighted by molar-refractivity contribution is 0.0992. The molecule has 0 aliphatic carbocycles. The molecule has 0 aliphatic heterocycles. The van der Waals surface area contributed by atoms with Crippen LogP contribution in [0.4, 0.5) is 5.69 Å². The first kappa shape index (κ1) is 21.1. The zero-order chi connectivity index (χ0) is 21.6. The van der Waals surface area contributed by atoms with Gasteiger partial charge in [-0.3, -0.25) is 4.79 Å². The Hall–Kier alpha value is -3.15. The van der Waals surface area contributed by atoms with Crippen LogP contribution in [0.3, 0.4) is 0 Å². The number of hydrogen-bond acceptors (Lipinski definition) is 4. The van der Waals surface area contributed by atoms with Gasteiger partial charge in [-0.1, -0.05) is 53.7 Å². The van der Waals surface area contributed by atoms with Crippen LogP contribution in [0.5, 0.6) is 5.75 Å². The maximum absolute atomic E-state index is 12.7. The summed E-state index contributed by atoms with van der Waals surface area (Å²) in [5.41, 5.74) is 1.66. The maximum Gasteiger partial charge on any atom is 0.291 e. The minimum atomic E-state index is -0.310. The number of anilines is 1. The van der Waals surface area contributed by atoms with E-state index in [0.29, 0.717) is 16.5 Å². The monoisotopic (exact) mass is 449 g/mol. The molecule has 0 aliphatic rings. The largest absolute Gasteiger partial charge is 0.486 e. The zero-order valence-electron chi connectivity index (χ0n) is 16.8. The molecule has 1 aromatic heterocycles. The van der Waals surface area contributed by atoms with Crippen LogP contribution in [0, 0.1) is 6.92 Å². The van der Waals surface area contributed by atoms with Gasteiger partial charge in [-0.15, -0.1) is 0 Å². The molecule has 0 unspecified atom stereocenters. The van der Waals surface area contributed by atoms with Crippen LogP contribution in [-0.4, -0.2) is 5.91 Å². The average molecular weight is 450 g/mol. The molecular weight excluding hydrogens is 430 g/mol. The number of ether oxygens (including phenoxy) is 1. The first-order chi connectivity index (χ1) is 15.1. The van der Waals surface area contributed by atoms with Crippen molar-refractivity contribution < 1.29 is 13.9 Å². The van der Waals surface area contributed by atoms with Crippen molar-refractivity contribution in [1.82, 2.24) is 0 Å². The number of para-hydroxylation sites is 1. The van der Waals surface area contributed by atoms with Crippen LogP contribution in [0.1, 0.15) is 21.9 Å². The first-order valence-corrected chi connectivity index (χ1v) is 10.9. The molecule has 0 radical (unpaired) electrons. The molecule has 0 saturated carbocycles. The lowest BCUT2D eigenvalue weighted by Gasteiger charge is -2.10. The summed E-state index contributed by atoms with van der Waals surface area (Å²) in [6, 6.07) is 26.5. The minimum absolute atomic E-state index is 0.217. The van der Waals surface area contributed by atoms with E-state index in [0.717, 1.165) is 21.0 Å². The van der Waals surface area contributed by atoms with E-state index in [2.05, 4.69) is 5.32 Å². The zero-order valence-corrected chi connectivity index (χ0v) is 18.4. The van der Waals surface area contributed by atoms with Gasteiger partial charge in [-0.05, 0) is 67.1 Å². The molecule has 4 nitrogen and oxygen atoms in total. The van der Waals surface area contributed by atoms with Crippen molar-refractivity contribution in [2.24, 2.45) is 0 Å². The number of amides is 1. The number of rotatable bonds is 7. The van der Waals surface area contributed by atoms with Crippen LogP contribution < -0.4 is 10.1 Å². The average Bonchev–Trinajstić information content (AvgIpc) is 3.26. The molecule has 1 heterocycles. The quantitative estimate of drug-likeness (QED) is 0.323. The molecule has 0 fully saturated rings. The predicted octanol–water partition coefficient (Wildman–Crippen LogP) is 7.22. The number of carbonyl (C=O) groups excluding carboxylic acids is 1. The van der Waals surface area contributed by atoms with Crippen LogP contribution >= 0.6 is 23.4 Å². The van der Waals surface area contributed by atoms with Gasteiger partial charge in [0.15, 0.2) is 5.76 Å². The van der Waals surface area contributed by atoms with Crippen molar-refractivity contribution >= 4 is 35.0 Å². The molecule has 31 heavy (non-hydrogen) atoms. The van der Waals surface area contributed by atoms with Gasteiger partial charge in [0.2, 0.25) is 0 Å². The highest BCUT2D eigenvalue weighted by Gasteiger charge is 2.14. The summed E-state index contributed by atoms with van der Waals surface area (Å²) in [7, 11) is 0. The summed E-state index contributed by atoms with van der Waals surface area (Å²) in [6.07, 6.45) is 0. The Labute approximate surface area is 190 Å². The van der Waals surface area contributed by atoms with Gasteiger partial charge in [0.1, 0.15) is 18.1 Å². The third-order valence-electron chi connectivity index (χ3n) is 4.50. The van der Waals surface area contributed by atoms with Crippen molar-refractivity contribution in [3.8, 4) is 5.75 Å². The number of nitrogens with one attached hydrogen (secondary N) is 1. The van der Waals surface area contributed by atoms with Crippen LogP contribution in [0.15, 0.2) is 99.1 Å². The van der Waals surface area contributed by atoms with Crippen LogP contribution in [0.2, 0.25) is 5.02 Å². The molecular formula is C25H20ClNO3S. The third kappa shape index (κ3) is 5.51. The summed E-state index contributed by atoms with van der Waals surface area (Å²) in [5, 5.41) is 3.63. The summed E-state index contributed by atoms with van der Waals surface area (Å²) in [6.45, 7) is 2.13. The molecule has 4 rings (SSSR count). The van der Waals surface area contributed by atoms with Crippen molar-refractivity contribution in [3.05, 3.63) is 107 Å². The molecule has 0 spiro atoms. The van der Waals surface area contributed by atoms with Gasteiger partial charge in [0, 0.05) is 14.8 Å². The Kier molecular flexibility index (Phi) is 6.65. The highest BCUT2D eigenvalue weighted by atomic mass is 35.5. The first-order valence-electron chi connectivity index (χ1n) is 9.69. The Bertz CT molecular complexity index is 1190. The van der Waals surface area contributed by atoms with Crippen molar-refractivity contribution in [2.75, 3.05) is 5.32 Å². The van der Waals surface area contributed by atoms with Crippen molar-refractivity contribution in [3.63, 3.8) is 0 Å². The molecule has 1 amide bonds. The van der Waals surface area contributed by atoms with Gasteiger partial charge < -0.3 is 14.5 Å². The second kappa shape index (κ2) is 9.77. The SMILES string of the molecule is Cc1cc(OCc2ccc(C(=O)Nc3ccccc3Sc3ccccc3)o2)ccc1Cl. The molecule has 0 bridgehead atoms. The fourth-order valence-electron chi connectivity index (χ4n) is 2.90. The topological polar surface area (TPSA) is 51.5 Å². The molecule has 156 valence electrons. The van der Waals surface area contributed by atoms with Gasteiger partial charge in [-0.2, -0.15) is 0 Å². The Balaban J connectivity index is 1.41. The second-order valence-electron chi connectivity index (χ2n) is 6.83. The molecule has 0 atom stereocenters. The lowest BCUT2D eigenvalue weighted by Crippen LogP contribution is -2.11. The number of benzene rings is 3. The van der Waals surface area contributed by atoms with E-state index in [9.17, 15) is 4.79 Å². The molecule has 6 heteroatoms. The number of carbonyl (C=O) groups is 1. The van der Waals surface area contributed by atoms with E-state index < -0.39 is 0 Å². The molecule has 3 aromatic carbocycles. The third-order valence-corrected chi connectivity index (χ3v) is 6.01. The highest BCUT2D eigenvalue weighted by molar-refractivity contribution is 7.99. The summed E-state index contributed by atoms with van der Waals surface area (Å²) >= 11 is 7.63. The minimum Gasteiger partial charge on any atom is -0.486 e. The molecule has 4 aromatic rings. The molecule has 1 N–H and O–H groups in total.